The van der Waals surface area contributed by atoms with Crippen molar-refractivity contribution in [2.75, 3.05) is 27.2 Å². The molecule has 0 saturated heterocycles. The highest BCUT2D eigenvalue weighted by Crippen LogP contribution is 2.24. The monoisotopic (exact) mass is 370 g/mol. The average Bonchev–Trinajstić information content (AvgIpc) is 3.27. The molecule has 1 amide bonds. The van der Waals surface area contributed by atoms with Gasteiger partial charge in [-0.3, -0.25) is 14.5 Å². The molecule has 0 spiro atoms. The summed E-state index contributed by atoms with van der Waals surface area (Å²) in [4.78, 5) is 25.6. The predicted molar refractivity (Wildman–Crippen MR) is 102 cm³/mol. The summed E-state index contributed by atoms with van der Waals surface area (Å²) in [5.41, 5.74) is 2.39. The van der Waals surface area contributed by atoms with Crippen molar-refractivity contribution in [3.63, 3.8) is 0 Å². The lowest BCUT2D eigenvalue weighted by atomic mass is 10.2. The zero-order valence-electron chi connectivity index (χ0n) is 15.2. The van der Waals surface area contributed by atoms with Crippen LogP contribution in [0.4, 0.5) is 0 Å². The van der Waals surface area contributed by atoms with Crippen molar-refractivity contribution in [1.29, 1.82) is 0 Å². The number of pyridine rings is 1. The van der Waals surface area contributed by atoms with Gasteiger partial charge in [-0.2, -0.15) is 5.10 Å². The third-order valence-electron chi connectivity index (χ3n) is 3.88. The number of aromatic nitrogens is 4. The maximum atomic E-state index is 13.0. The Kier molecular flexibility index (Phi) is 5.75. The highest BCUT2D eigenvalue weighted by Gasteiger charge is 2.20. The number of hydrogen-bond acceptors (Lipinski definition) is 6. The molecule has 0 aliphatic rings. The van der Waals surface area contributed by atoms with Gasteiger partial charge >= 0.3 is 0 Å². The standard InChI is InChI=1S/C18H22N6OS/c1-22(2)7-8-24(11-14-5-4-6-19-9-14)18(25)16-13-26-17(21-16)15-10-20-23(3)12-15/h4-6,9-10,12-13H,7-8,11H2,1-3H3. The molecule has 0 bridgehead atoms. The molecule has 0 aliphatic heterocycles. The molecule has 0 aromatic carbocycles. The molecular formula is C18H22N6OS. The molecule has 0 atom stereocenters. The molecule has 0 radical (unpaired) electrons. The molecule has 3 aromatic heterocycles. The Hall–Kier alpha value is -2.58. The van der Waals surface area contributed by atoms with Crippen molar-refractivity contribution < 1.29 is 4.79 Å². The van der Waals surface area contributed by atoms with Gasteiger partial charge in [0.05, 0.1) is 6.20 Å². The van der Waals surface area contributed by atoms with Crippen LogP contribution in [0.15, 0.2) is 42.3 Å². The van der Waals surface area contributed by atoms with E-state index in [1.807, 2.05) is 49.8 Å². The largest absolute Gasteiger partial charge is 0.332 e. The van der Waals surface area contributed by atoms with Crippen LogP contribution in [0.25, 0.3) is 10.6 Å². The Balaban J connectivity index is 1.79. The molecule has 3 heterocycles. The van der Waals surface area contributed by atoms with Crippen LogP contribution in [-0.4, -0.2) is 62.6 Å². The SMILES string of the molecule is CN(C)CCN(Cc1cccnc1)C(=O)c1csc(-c2cnn(C)c2)n1. The predicted octanol–water partition coefficient (Wildman–Crippen LogP) is 2.14. The maximum Gasteiger partial charge on any atom is 0.273 e. The van der Waals surface area contributed by atoms with Crippen LogP contribution >= 0.6 is 11.3 Å². The molecule has 26 heavy (non-hydrogen) atoms. The van der Waals surface area contributed by atoms with Gasteiger partial charge in [-0.1, -0.05) is 6.07 Å². The Labute approximate surface area is 156 Å². The van der Waals surface area contributed by atoms with Gasteiger partial charge in [0.2, 0.25) is 0 Å². The van der Waals surface area contributed by atoms with E-state index in [-0.39, 0.29) is 5.91 Å². The first kappa shape index (κ1) is 18.2. The van der Waals surface area contributed by atoms with Crippen LogP contribution < -0.4 is 0 Å². The average molecular weight is 370 g/mol. The second-order valence-corrected chi connectivity index (χ2v) is 7.19. The van der Waals surface area contributed by atoms with E-state index in [0.717, 1.165) is 22.7 Å². The molecule has 136 valence electrons. The van der Waals surface area contributed by atoms with Gasteiger partial charge in [0, 0.05) is 56.2 Å². The lowest BCUT2D eigenvalue weighted by Crippen LogP contribution is -2.36. The van der Waals surface area contributed by atoms with Gasteiger partial charge in [0.15, 0.2) is 0 Å². The third kappa shape index (κ3) is 4.53. The minimum atomic E-state index is -0.0675. The number of nitrogens with zero attached hydrogens (tertiary/aromatic N) is 6. The van der Waals surface area contributed by atoms with E-state index in [0.29, 0.717) is 18.8 Å². The Morgan fingerprint density at radius 2 is 2.12 bits per heavy atom. The number of likely N-dealkylation sites (N-methyl/N-ethyl adjacent to an activating group) is 1. The molecule has 0 saturated carbocycles. The van der Waals surface area contributed by atoms with Gasteiger partial charge in [-0.05, 0) is 25.7 Å². The number of carbonyl (C=O) groups excluding carboxylic acids is 1. The minimum absolute atomic E-state index is 0.0675. The fraction of sp³-hybridized carbons (Fsp3) is 0.333. The molecule has 0 fully saturated rings. The molecule has 3 rings (SSSR count). The van der Waals surface area contributed by atoms with Crippen LogP contribution in [0.1, 0.15) is 16.1 Å². The fourth-order valence-electron chi connectivity index (χ4n) is 2.48. The summed E-state index contributed by atoms with van der Waals surface area (Å²) in [6, 6.07) is 3.86. The lowest BCUT2D eigenvalue weighted by Gasteiger charge is -2.23. The van der Waals surface area contributed by atoms with Crippen molar-refractivity contribution in [3.8, 4) is 10.6 Å². The fourth-order valence-corrected chi connectivity index (χ4v) is 3.25. The first-order chi connectivity index (χ1) is 12.5. The number of rotatable bonds is 7. The van der Waals surface area contributed by atoms with E-state index in [9.17, 15) is 4.79 Å². The van der Waals surface area contributed by atoms with Crippen LogP contribution in [-0.2, 0) is 13.6 Å². The first-order valence-electron chi connectivity index (χ1n) is 8.30. The summed E-state index contributed by atoms with van der Waals surface area (Å²) in [7, 11) is 5.85. The summed E-state index contributed by atoms with van der Waals surface area (Å²) in [5.74, 6) is -0.0675. The van der Waals surface area contributed by atoms with Gasteiger partial charge in [-0.25, -0.2) is 4.98 Å². The van der Waals surface area contributed by atoms with Gasteiger partial charge < -0.3 is 9.80 Å². The molecular weight excluding hydrogens is 348 g/mol. The zero-order chi connectivity index (χ0) is 18.5. The topological polar surface area (TPSA) is 67.2 Å². The van der Waals surface area contributed by atoms with Crippen LogP contribution in [0.5, 0.6) is 0 Å². The van der Waals surface area contributed by atoms with E-state index in [1.54, 1.807) is 23.3 Å². The highest BCUT2D eigenvalue weighted by molar-refractivity contribution is 7.13. The highest BCUT2D eigenvalue weighted by atomic mass is 32.1. The lowest BCUT2D eigenvalue weighted by molar-refractivity contribution is 0.0727. The van der Waals surface area contributed by atoms with Crippen LogP contribution in [0, 0.1) is 0 Å². The normalized spacial score (nSPS) is 11.1. The molecule has 0 unspecified atom stereocenters. The summed E-state index contributed by atoms with van der Waals surface area (Å²) in [6.45, 7) is 1.92. The molecule has 0 aliphatic carbocycles. The smallest absolute Gasteiger partial charge is 0.273 e. The van der Waals surface area contributed by atoms with Gasteiger partial charge in [0.1, 0.15) is 10.7 Å². The maximum absolute atomic E-state index is 13.0. The van der Waals surface area contributed by atoms with Gasteiger partial charge in [0.25, 0.3) is 5.91 Å². The van der Waals surface area contributed by atoms with Crippen molar-refractivity contribution in [3.05, 3.63) is 53.6 Å². The van der Waals surface area contributed by atoms with Crippen molar-refractivity contribution in [2.45, 2.75) is 6.54 Å². The quantitative estimate of drug-likeness (QED) is 0.637. The Bertz CT molecular complexity index is 857. The first-order valence-corrected chi connectivity index (χ1v) is 9.18. The summed E-state index contributed by atoms with van der Waals surface area (Å²) >= 11 is 1.46. The number of amides is 1. The number of aryl methyl sites for hydroxylation is 1. The van der Waals surface area contributed by atoms with Gasteiger partial charge in [-0.15, -0.1) is 11.3 Å². The van der Waals surface area contributed by atoms with E-state index >= 15 is 0 Å². The summed E-state index contributed by atoms with van der Waals surface area (Å²) < 4.78 is 1.73. The van der Waals surface area contributed by atoms with E-state index < -0.39 is 0 Å². The van der Waals surface area contributed by atoms with E-state index in [2.05, 4.69) is 20.0 Å². The van der Waals surface area contributed by atoms with Crippen LogP contribution in [0.2, 0.25) is 0 Å². The number of thiazole rings is 1. The minimum Gasteiger partial charge on any atom is -0.332 e. The van der Waals surface area contributed by atoms with E-state index in [1.165, 1.54) is 11.3 Å². The van der Waals surface area contributed by atoms with Crippen molar-refractivity contribution in [2.24, 2.45) is 7.05 Å². The Morgan fingerprint density at radius 1 is 1.27 bits per heavy atom. The second kappa shape index (κ2) is 8.20. The number of hydrogen-bond donors (Lipinski definition) is 0. The molecule has 7 nitrogen and oxygen atoms in total. The van der Waals surface area contributed by atoms with Crippen LogP contribution in [0.3, 0.4) is 0 Å². The molecule has 8 heteroatoms. The third-order valence-corrected chi connectivity index (χ3v) is 4.77. The second-order valence-electron chi connectivity index (χ2n) is 6.33. The Morgan fingerprint density at radius 3 is 2.77 bits per heavy atom. The van der Waals surface area contributed by atoms with E-state index in [4.69, 9.17) is 0 Å². The van der Waals surface area contributed by atoms with Crippen molar-refractivity contribution in [1.82, 2.24) is 29.5 Å². The van der Waals surface area contributed by atoms with Crippen molar-refractivity contribution >= 4 is 17.2 Å². The zero-order valence-corrected chi connectivity index (χ0v) is 16.0. The number of carbonyl (C=O) groups is 1. The molecule has 3 aromatic rings. The summed E-state index contributed by atoms with van der Waals surface area (Å²) in [6.07, 6.45) is 7.17. The molecule has 0 N–H and O–H groups in total. The summed E-state index contributed by atoms with van der Waals surface area (Å²) in [5, 5.41) is 6.78.